The largest absolute Gasteiger partial charge is 0.741 e. The standard InChI is InChI=1S/C22H26N3.CHF3O3S/c1-23(2)19-10-6-17(7-11-19)8-12-20-13-9-18-16-21(24(3)4)14-15-22(18)25(20)5;2-1(3,4)8(5,6)7/h6-16H,1-5H3;(H,5,6,7)/q+1;/p-1. The Kier molecular flexibility index (Phi) is 8.10. The summed E-state index contributed by atoms with van der Waals surface area (Å²) in [7, 11) is 4.28. The van der Waals surface area contributed by atoms with Gasteiger partial charge in [0.1, 0.15) is 7.05 Å². The van der Waals surface area contributed by atoms with Crippen molar-refractivity contribution in [2.45, 2.75) is 5.51 Å². The smallest absolute Gasteiger partial charge is 0.485 e. The van der Waals surface area contributed by atoms with Crippen LogP contribution in [-0.2, 0) is 17.2 Å². The molecule has 3 aromatic rings. The van der Waals surface area contributed by atoms with Crippen LogP contribution in [0.25, 0.3) is 23.1 Å². The first kappa shape index (κ1) is 26.1. The Morgan fingerprint density at radius 2 is 1.36 bits per heavy atom. The first-order valence-electron chi connectivity index (χ1n) is 9.78. The molecule has 0 aliphatic heterocycles. The van der Waals surface area contributed by atoms with Gasteiger partial charge in [0.15, 0.2) is 10.1 Å². The molecule has 0 aliphatic carbocycles. The minimum atomic E-state index is -6.09. The molecular weight excluding hydrogens is 455 g/mol. The van der Waals surface area contributed by atoms with Crippen LogP contribution < -0.4 is 14.4 Å². The van der Waals surface area contributed by atoms with Crippen LogP contribution in [0, 0.1) is 0 Å². The second-order valence-corrected chi connectivity index (χ2v) is 9.05. The van der Waals surface area contributed by atoms with Crippen LogP contribution in [0.2, 0.25) is 0 Å². The number of anilines is 2. The molecule has 0 amide bonds. The number of rotatable bonds is 4. The summed E-state index contributed by atoms with van der Waals surface area (Å²) in [4.78, 5) is 4.24. The van der Waals surface area contributed by atoms with Crippen molar-refractivity contribution in [3.05, 3.63) is 65.9 Å². The van der Waals surface area contributed by atoms with E-state index in [9.17, 15) is 13.2 Å². The molecule has 3 rings (SSSR count). The van der Waals surface area contributed by atoms with Crippen LogP contribution >= 0.6 is 0 Å². The van der Waals surface area contributed by atoms with Crippen LogP contribution in [0.4, 0.5) is 24.5 Å². The van der Waals surface area contributed by atoms with Crippen molar-refractivity contribution in [1.29, 1.82) is 0 Å². The van der Waals surface area contributed by atoms with E-state index < -0.39 is 15.6 Å². The lowest BCUT2D eigenvalue weighted by Crippen LogP contribution is -2.32. The Morgan fingerprint density at radius 1 is 0.848 bits per heavy atom. The molecule has 0 N–H and O–H groups in total. The SMILES string of the molecule is CN(C)c1ccc(/C=C/c2ccc3cc(N(C)C)ccc3[n+]2C)cc1.O=S(=O)([O-])C(F)(F)F. The van der Waals surface area contributed by atoms with Crippen LogP contribution in [0.15, 0.2) is 54.6 Å². The number of hydrogen-bond acceptors (Lipinski definition) is 5. The van der Waals surface area contributed by atoms with Gasteiger partial charge in [-0.3, -0.25) is 0 Å². The summed E-state index contributed by atoms with van der Waals surface area (Å²) in [5.74, 6) is 0. The molecule has 1 heterocycles. The number of aromatic nitrogens is 1. The zero-order valence-electron chi connectivity index (χ0n) is 19.0. The van der Waals surface area contributed by atoms with E-state index in [1.807, 2.05) is 0 Å². The van der Waals surface area contributed by atoms with Gasteiger partial charge in [-0.25, -0.2) is 8.42 Å². The van der Waals surface area contributed by atoms with E-state index in [4.69, 9.17) is 13.0 Å². The van der Waals surface area contributed by atoms with Gasteiger partial charge in [-0.05, 0) is 42.0 Å². The second-order valence-electron chi connectivity index (χ2n) is 7.67. The summed E-state index contributed by atoms with van der Waals surface area (Å²) in [6.07, 6.45) is 4.33. The molecule has 0 fully saturated rings. The molecular formula is C23H26F3N3O3S. The monoisotopic (exact) mass is 481 g/mol. The van der Waals surface area contributed by atoms with Crippen LogP contribution in [0.1, 0.15) is 11.3 Å². The molecule has 1 aromatic heterocycles. The number of alkyl halides is 3. The Hall–Kier alpha value is -3.11. The average Bonchev–Trinajstić information content (AvgIpc) is 2.72. The number of pyridine rings is 1. The number of nitrogens with zero attached hydrogens (tertiary/aromatic N) is 3. The minimum absolute atomic E-state index is 1.18. The van der Waals surface area contributed by atoms with E-state index >= 15 is 0 Å². The molecule has 0 bridgehead atoms. The van der Waals surface area contributed by atoms with Gasteiger partial charge in [-0.15, -0.1) is 0 Å². The Labute approximate surface area is 191 Å². The second kappa shape index (κ2) is 10.2. The zero-order chi connectivity index (χ0) is 25.0. The molecule has 33 heavy (non-hydrogen) atoms. The Bertz CT molecular complexity index is 1240. The molecule has 0 saturated heterocycles. The summed E-state index contributed by atoms with van der Waals surface area (Å²) in [5.41, 5.74) is 0.403. The van der Waals surface area contributed by atoms with Crippen LogP contribution in [0.5, 0.6) is 0 Å². The topological polar surface area (TPSA) is 67.6 Å². The van der Waals surface area contributed by atoms with Gasteiger partial charge in [0.2, 0.25) is 11.2 Å². The van der Waals surface area contributed by atoms with Crippen LogP contribution in [0.3, 0.4) is 0 Å². The fourth-order valence-electron chi connectivity index (χ4n) is 2.92. The number of aryl methyl sites for hydroxylation is 1. The summed E-state index contributed by atoms with van der Waals surface area (Å²) in [5, 5.41) is 1.25. The molecule has 6 nitrogen and oxygen atoms in total. The molecule has 0 spiro atoms. The lowest BCUT2D eigenvalue weighted by Gasteiger charge is -2.12. The summed E-state index contributed by atoms with van der Waals surface area (Å²) in [6.45, 7) is 0. The lowest BCUT2D eigenvalue weighted by molar-refractivity contribution is -0.646. The fourth-order valence-corrected chi connectivity index (χ4v) is 2.92. The highest BCUT2D eigenvalue weighted by Crippen LogP contribution is 2.21. The van der Waals surface area contributed by atoms with Crippen molar-refractivity contribution in [1.82, 2.24) is 0 Å². The average molecular weight is 482 g/mol. The van der Waals surface area contributed by atoms with Gasteiger partial charge in [0.05, 0.1) is 0 Å². The molecule has 178 valence electrons. The maximum absolute atomic E-state index is 10.7. The predicted molar refractivity (Wildman–Crippen MR) is 125 cm³/mol. The zero-order valence-corrected chi connectivity index (χ0v) is 19.8. The van der Waals surface area contributed by atoms with Crippen molar-refractivity contribution < 1.29 is 30.7 Å². The quantitative estimate of drug-likeness (QED) is 0.320. The maximum atomic E-state index is 10.7. The van der Waals surface area contributed by atoms with E-state index in [0.717, 1.165) is 0 Å². The first-order chi connectivity index (χ1) is 15.2. The summed E-state index contributed by atoms with van der Waals surface area (Å²) in [6, 6.07) is 19.5. The van der Waals surface area contributed by atoms with Gasteiger partial charge in [-0.1, -0.05) is 12.1 Å². The van der Waals surface area contributed by atoms with Gasteiger partial charge in [0.25, 0.3) is 0 Å². The number of benzene rings is 2. The van der Waals surface area contributed by atoms with Gasteiger partial charge >= 0.3 is 5.51 Å². The number of fused-ring (bicyclic) bond motifs is 1. The summed E-state index contributed by atoms with van der Waals surface area (Å²) < 4.78 is 61.1. The Balaban J connectivity index is 0.000000414. The van der Waals surface area contributed by atoms with Gasteiger partial charge in [-0.2, -0.15) is 17.7 Å². The molecule has 2 aromatic carbocycles. The third-order valence-corrected chi connectivity index (χ3v) is 5.42. The number of hydrogen-bond donors (Lipinski definition) is 0. The summed E-state index contributed by atoms with van der Waals surface area (Å²) >= 11 is 0. The highest BCUT2D eigenvalue weighted by Gasteiger charge is 2.36. The maximum Gasteiger partial charge on any atom is 0.485 e. The molecule has 0 radical (unpaired) electrons. The highest BCUT2D eigenvalue weighted by molar-refractivity contribution is 7.86. The van der Waals surface area contributed by atoms with E-state index in [0.29, 0.717) is 0 Å². The Morgan fingerprint density at radius 3 is 1.85 bits per heavy atom. The molecule has 10 heteroatoms. The normalized spacial score (nSPS) is 11.9. The van der Waals surface area contributed by atoms with E-state index in [2.05, 4.69) is 116 Å². The van der Waals surface area contributed by atoms with Crippen molar-refractivity contribution in [2.24, 2.45) is 7.05 Å². The third-order valence-electron chi connectivity index (χ3n) is 4.85. The lowest BCUT2D eigenvalue weighted by atomic mass is 10.1. The van der Waals surface area contributed by atoms with Crippen LogP contribution in [-0.4, -0.2) is 46.7 Å². The molecule has 0 unspecified atom stereocenters. The molecule has 0 aliphatic rings. The van der Waals surface area contributed by atoms with Crippen molar-refractivity contribution >= 4 is 44.5 Å². The van der Waals surface area contributed by atoms with Crippen molar-refractivity contribution in [3.63, 3.8) is 0 Å². The molecule has 0 saturated carbocycles. The van der Waals surface area contributed by atoms with E-state index in [1.165, 1.54) is 33.5 Å². The number of halogens is 3. The predicted octanol–water partition coefficient (Wildman–Crippen LogP) is 4.02. The van der Waals surface area contributed by atoms with Gasteiger partial charge in [0, 0.05) is 63.2 Å². The third kappa shape index (κ3) is 6.93. The van der Waals surface area contributed by atoms with E-state index in [1.54, 1.807) is 0 Å². The first-order valence-corrected chi connectivity index (χ1v) is 11.2. The van der Waals surface area contributed by atoms with Crippen molar-refractivity contribution in [2.75, 3.05) is 38.0 Å². The van der Waals surface area contributed by atoms with Gasteiger partial charge < -0.3 is 14.4 Å². The minimum Gasteiger partial charge on any atom is -0.741 e. The van der Waals surface area contributed by atoms with E-state index in [-0.39, 0.29) is 0 Å². The highest BCUT2D eigenvalue weighted by atomic mass is 32.2. The molecule has 0 atom stereocenters. The fraction of sp³-hybridized carbons (Fsp3) is 0.261. The van der Waals surface area contributed by atoms with Crippen molar-refractivity contribution in [3.8, 4) is 0 Å².